The Morgan fingerprint density at radius 2 is 1.80 bits per heavy atom. The van der Waals surface area contributed by atoms with E-state index in [1.54, 1.807) is 18.2 Å². The maximum absolute atomic E-state index is 12.1. The van der Waals surface area contributed by atoms with Gasteiger partial charge in [-0.1, -0.05) is 59.6 Å². The van der Waals surface area contributed by atoms with Crippen LogP contribution < -0.4 is 5.32 Å². The molecule has 6 heteroatoms. The second kappa shape index (κ2) is 7.91. The minimum absolute atomic E-state index is 0.169. The number of hydrogen-bond acceptors (Lipinski definition) is 3. The van der Waals surface area contributed by atoms with Gasteiger partial charge >= 0.3 is 0 Å². The Morgan fingerprint density at radius 3 is 2.48 bits per heavy atom. The predicted molar refractivity (Wildman–Crippen MR) is 107 cm³/mol. The zero-order chi connectivity index (χ0) is 17.8. The fourth-order valence-electron chi connectivity index (χ4n) is 2.26. The zero-order valence-corrected chi connectivity index (χ0v) is 15.6. The summed E-state index contributed by atoms with van der Waals surface area (Å²) < 4.78 is 0. The van der Waals surface area contributed by atoms with E-state index in [0.717, 1.165) is 11.1 Å². The van der Waals surface area contributed by atoms with Crippen molar-refractivity contribution < 1.29 is 4.79 Å². The van der Waals surface area contributed by atoms with Crippen LogP contribution in [0.1, 0.15) is 12.5 Å². The highest BCUT2D eigenvalue weighted by atomic mass is 35.5. The first-order valence-electron chi connectivity index (χ1n) is 7.48. The van der Waals surface area contributed by atoms with E-state index in [4.69, 9.17) is 23.2 Å². The number of nitrogens with one attached hydrogen (secondary N) is 1. The Hall–Kier alpha value is -2.01. The summed E-state index contributed by atoms with van der Waals surface area (Å²) in [6, 6.07) is 15.0. The van der Waals surface area contributed by atoms with Crippen LogP contribution in [0.15, 0.2) is 70.1 Å². The van der Waals surface area contributed by atoms with E-state index in [1.807, 2.05) is 49.4 Å². The molecule has 0 bridgehead atoms. The number of carbonyl (C=O) groups excluding carboxylic acids is 1. The van der Waals surface area contributed by atoms with Crippen molar-refractivity contribution in [1.29, 1.82) is 0 Å². The lowest BCUT2D eigenvalue weighted by molar-refractivity contribution is -0.115. The molecule has 1 N–H and O–H groups in total. The predicted octanol–water partition coefficient (Wildman–Crippen LogP) is 5.83. The van der Waals surface area contributed by atoms with Crippen LogP contribution in [0.5, 0.6) is 0 Å². The molecule has 3 rings (SSSR count). The molecule has 0 radical (unpaired) electrons. The summed E-state index contributed by atoms with van der Waals surface area (Å²) in [6.07, 6.45) is 3.87. The van der Waals surface area contributed by atoms with E-state index in [2.05, 4.69) is 10.3 Å². The highest BCUT2D eigenvalue weighted by Crippen LogP contribution is 2.30. The molecule has 2 aromatic rings. The molecular formula is C19H14Cl2N2OS. The third-order valence-corrected chi connectivity index (χ3v) is 4.63. The molecule has 126 valence electrons. The summed E-state index contributed by atoms with van der Waals surface area (Å²) in [4.78, 5) is 17.1. The van der Waals surface area contributed by atoms with E-state index >= 15 is 0 Å². The van der Waals surface area contributed by atoms with Crippen molar-refractivity contribution in [2.45, 2.75) is 6.92 Å². The van der Waals surface area contributed by atoms with Crippen molar-refractivity contribution in [3.05, 3.63) is 80.7 Å². The molecule has 0 atom stereocenters. The summed E-state index contributed by atoms with van der Waals surface area (Å²) in [5.41, 5.74) is 2.66. The molecule has 1 aliphatic heterocycles. The van der Waals surface area contributed by atoms with Gasteiger partial charge in [-0.3, -0.25) is 4.79 Å². The van der Waals surface area contributed by atoms with Crippen LogP contribution in [-0.2, 0) is 4.79 Å². The van der Waals surface area contributed by atoms with E-state index in [9.17, 15) is 4.79 Å². The summed E-state index contributed by atoms with van der Waals surface area (Å²) >= 11 is 13.2. The molecule has 3 nitrogen and oxygen atoms in total. The number of halogens is 2. The number of aliphatic imine (C=N–C) groups is 1. The molecule has 1 fully saturated rings. The minimum Gasteiger partial charge on any atom is -0.300 e. The molecule has 1 saturated heterocycles. The van der Waals surface area contributed by atoms with Crippen molar-refractivity contribution in [2.75, 3.05) is 0 Å². The summed E-state index contributed by atoms with van der Waals surface area (Å²) in [5.74, 6) is -0.169. The van der Waals surface area contributed by atoms with Gasteiger partial charge in [0.05, 0.1) is 10.6 Å². The Labute approximate surface area is 160 Å². The molecule has 1 amide bonds. The fourth-order valence-corrected chi connectivity index (χ4v) is 3.67. The number of thioether (sulfide) groups is 1. The van der Waals surface area contributed by atoms with E-state index in [0.29, 0.717) is 25.8 Å². The lowest BCUT2D eigenvalue weighted by atomic mass is 10.1. The van der Waals surface area contributed by atoms with Crippen LogP contribution in [0.3, 0.4) is 0 Å². The molecule has 0 saturated carbocycles. The number of benzene rings is 2. The van der Waals surface area contributed by atoms with Gasteiger partial charge in [0, 0.05) is 10.0 Å². The summed E-state index contributed by atoms with van der Waals surface area (Å²) in [5, 5.41) is 4.25. The standard InChI is InChI=1S/C19H14Cl2N2OS/c1-12(7-13-5-3-2-4-6-13)8-17-18(24)23-19(25-17)22-16-10-14(20)9-15(21)11-16/h2-11H,1H3,(H,22,23,24)/b12-7+,17-8-. The molecule has 0 aromatic heterocycles. The van der Waals surface area contributed by atoms with Crippen LogP contribution in [0, 0.1) is 0 Å². The highest BCUT2D eigenvalue weighted by molar-refractivity contribution is 8.18. The first-order valence-corrected chi connectivity index (χ1v) is 9.06. The summed E-state index contributed by atoms with van der Waals surface area (Å²) in [7, 11) is 0. The number of hydrogen-bond donors (Lipinski definition) is 1. The van der Waals surface area contributed by atoms with Crippen molar-refractivity contribution in [1.82, 2.24) is 5.32 Å². The van der Waals surface area contributed by atoms with Gasteiger partial charge in [0.1, 0.15) is 0 Å². The number of rotatable bonds is 3. The smallest absolute Gasteiger partial charge is 0.264 e. The van der Waals surface area contributed by atoms with Crippen molar-refractivity contribution in [3.63, 3.8) is 0 Å². The van der Waals surface area contributed by atoms with Crippen LogP contribution >= 0.6 is 35.0 Å². The minimum atomic E-state index is -0.169. The van der Waals surface area contributed by atoms with E-state index < -0.39 is 0 Å². The fraction of sp³-hybridized carbons (Fsp3) is 0.0526. The Morgan fingerprint density at radius 1 is 1.12 bits per heavy atom. The number of nitrogens with zero attached hydrogens (tertiary/aromatic N) is 1. The Kier molecular flexibility index (Phi) is 5.63. The number of carbonyl (C=O) groups is 1. The molecule has 0 unspecified atom stereocenters. The number of allylic oxidation sites excluding steroid dienone is 2. The Balaban J connectivity index is 1.80. The van der Waals surface area contributed by atoms with Crippen molar-refractivity contribution in [2.24, 2.45) is 4.99 Å². The average molecular weight is 389 g/mol. The molecule has 0 spiro atoms. The SMILES string of the molecule is CC(/C=C1\SC(=Nc2cc(Cl)cc(Cl)c2)NC1=O)=C\c1ccccc1. The van der Waals surface area contributed by atoms with Gasteiger partial charge in [0.2, 0.25) is 0 Å². The Bertz CT molecular complexity index is 885. The van der Waals surface area contributed by atoms with Crippen molar-refractivity contribution in [3.8, 4) is 0 Å². The summed E-state index contributed by atoms with van der Waals surface area (Å²) in [6.45, 7) is 1.96. The molecule has 2 aromatic carbocycles. The molecule has 1 aliphatic rings. The number of amides is 1. The lowest BCUT2D eigenvalue weighted by Crippen LogP contribution is -2.19. The van der Waals surface area contributed by atoms with Crippen LogP contribution in [0.4, 0.5) is 5.69 Å². The largest absolute Gasteiger partial charge is 0.300 e. The van der Waals surface area contributed by atoms with Gasteiger partial charge in [0.15, 0.2) is 5.17 Å². The quantitative estimate of drug-likeness (QED) is 0.671. The third kappa shape index (κ3) is 4.98. The average Bonchev–Trinajstić information content (AvgIpc) is 2.86. The molecular weight excluding hydrogens is 375 g/mol. The third-order valence-electron chi connectivity index (χ3n) is 3.28. The van der Waals surface area contributed by atoms with Gasteiger partial charge in [-0.25, -0.2) is 4.99 Å². The maximum Gasteiger partial charge on any atom is 0.264 e. The highest BCUT2D eigenvalue weighted by Gasteiger charge is 2.23. The van der Waals surface area contributed by atoms with Crippen molar-refractivity contribution >= 4 is 57.8 Å². The second-order valence-electron chi connectivity index (χ2n) is 5.41. The number of amidine groups is 1. The second-order valence-corrected chi connectivity index (χ2v) is 7.31. The van der Waals surface area contributed by atoms with Crippen LogP contribution in [-0.4, -0.2) is 11.1 Å². The normalized spacial score (nSPS) is 18.0. The monoisotopic (exact) mass is 388 g/mol. The van der Waals surface area contributed by atoms with E-state index in [1.165, 1.54) is 11.8 Å². The molecule has 0 aliphatic carbocycles. The van der Waals surface area contributed by atoms with Gasteiger partial charge in [0.25, 0.3) is 5.91 Å². The first-order chi connectivity index (χ1) is 12.0. The van der Waals surface area contributed by atoms with Gasteiger partial charge in [-0.05, 0) is 54.1 Å². The zero-order valence-electron chi connectivity index (χ0n) is 13.3. The van der Waals surface area contributed by atoms with Crippen LogP contribution in [0.25, 0.3) is 6.08 Å². The maximum atomic E-state index is 12.1. The molecule has 1 heterocycles. The lowest BCUT2D eigenvalue weighted by Gasteiger charge is -1.98. The van der Waals surface area contributed by atoms with E-state index in [-0.39, 0.29) is 5.91 Å². The topological polar surface area (TPSA) is 41.5 Å². The van der Waals surface area contributed by atoms with Crippen LogP contribution in [0.2, 0.25) is 10.0 Å². The first kappa shape index (κ1) is 17.8. The molecule has 25 heavy (non-hydrogen) atoms. The van der Waals surface area contributed by atoms with Gasteiger partial charge in [-0.15, -0.1) is 0 Å². The van der Waals surface area contributed by atoms with Gasteiger partial charge in [-0.2, -0.15) is 0 Å². The van der Waals surface area contributed by atoms with Gasteiger partial charge < -0.3 is 5.32 Å².